The van der Waals surface area contributed by atoms with Gasteiger partial charge in [0.05, 0.1) is 12.1 Å². The van der Waals surface area contributed by atoms with E-state index in [0.29, 0.717) is 36.2 Å². The molecule has 2 fully saturated rings. The van der Waals surface area contributed by atoms with Gasteiger partial charge in [-0.3, -0.25) is 5.43 Å². The third kappa shape index (κ3) is 3.81. The lowest BCUT2D eigenvalue weighted by atomic mass is 9.77. The molecule has 4 bridgehead atoms. The zero-order valence-corrected chi connectivity index (χ0v) is 15.9. The number of alkyl carbamates (subject to hydrolysis) is 1. The van der Waals surface area contributed by atoms with Gasteiger partial charge in [-0.05, 0) is 62.6 Å². The molecular weight excluding hydrogens is 349 g/mol. The number of aryl methyl sites for hydroxylation is 1. The molecule has 2 aliphatic heterocycles. The summed E-state index contributed by atoms with van der Waals surface area (Å²) in [5, 5.41) is 2.72. The summed E-state index contributed by atoms with van der Waals surface area (Å²) in [6.07, 6.45) is 2.83. The first kappa shape index (κ1) is 18.7. The fraction of sp³-hybridized carbons (Fsp3) is 0.650. The molecule has 27 heavy (non-hydrogen) atoms. The number of amides is 1. The van der Waals surface area contributed by atoms with Crippen molar-refractivity contribution in [2.75, 3.05) is 13.2 Å². The zero-order valence-electron chi connectivity index (χ0n) is 15.9. The van der Waals surface area contributed by atoms with Crippen molar-refractivity contribution in [3.8, 4) is 0 Å². The fourth-order valence-electron chi connectivity index (χ4n) is 4.58. The van der Waals surface area contributed by atoms with E-state index in [4.69, 9.17) is 9.47 Å². The number of hydrogen-bond donors (Lipinski definition) is 3. The number of carbonyl (C=O) groups is 1. The molecule has 1 aromatic rings. The van der Waals surface area contributed by atoms with Crippen LogP contribution >= 0.6 is 0 Å². The summed E-state index contributed by atoms with van der Waals surface area (Å²) in [4.78, 5) is 12.0. The molecule has 0 radical (unpaired) electrons. The second-order valence-electron chi connectivity index (χ2n) is 7.91. The lowest BCUT2D eigenvalue weighted by molar-refractivity contribution is 0.00710. The molecule has 7 heteroatoms. The van der Waals surface area contributed by atoms with Crippen LogP contribution in [0.1, 0.15) is 61.4 Å². The van der Waals surface area contributed by atoms with Gasteiger partial charge in [0.1, 0.15) is 11.9 Å². The van der Waals surface area contributed by atoms with Gasteiger partial charge in [-0.25, -0.2) is 14.6 Å². The molecule has 5 atom stereocenters. The Kier molecular flexibility index (Phi) is 5.34. The summed E-state index contributed by atoms with van der Waals surface area (Å²) in [6, 6.07) is 4.23. The van der Waals surface area contributed by atoms with Crippen molar-refractivity contribution in [3.05, 3.63) is 34.6 Å². The third-order valence-electron chi connectivity index (χ3n) is 6.03. The largest absolute Gasteiger partial charge is 0.442 e. The maximum absolute atomic E-state index is 14.8. The van der Waals surface area contributed by atoms with Gasteiger partial charge in [0.25, 0.3) is 0 Å². The quantitative estimate of drug-likeness (QED) is 0.648. The van der Waals surface area contributed by atoms with Crippen molar-refractivity contribution >= 4 is 6.09 Å². The number of nitrogens with one attached hydrogen (secondary N) is 3. The van der Waals surface area contributed by atoms with Gasteiger partial charge in [-0.15, -0.1) is 0 Å². The van der Waals surface area contributed by atoms with Crippen LogP contribution < -0.4 is 16.2 Å². The fourth-order valence-corrected chi connectivity index (χ4v) is 4.58. The molecule has 1 saturated heterocycles. The molecular formula is C20H28FN3O3. The number of halogens is 1. The van der Waals surface area contributed by atoms with E-state index in [-0.39, 0.29) is 18.0 Å². The van der Waals surface area contributed by atoms with E-state index in [1.807, 2.05) is 12.1 Å². The number of hydrogen-bond acceptors (Lipinski definition) is 5. The molecule has 4 rings (SSSR count). The molecule has 148 valence electrons. The summed E-state index contributed by atoms with van der Waals surface area (Å²) in [6.45, 7) is 4.57. The lowest BCUT2D eigenvalue weighted by Gasteiger charge is -2.33. The maximum atomic E-state index is 14.8. The minimum Gasteiger partial charge on any atom is -0.442 e. The van der Waals surface area contributed by atoms with Gasteiger partial charge >= 0.3 is 6.09 Å². The van der Waals surface area contributed by atoms with Crippen LogP contribution in [-0.4, -0.2) is 31.4 Å². The van der Waals surface area contributed by atoms with Crippen molar-refractivity contribution in [1.29, 1.82) is 0 Å². The van der Waals surface area contributed by atoms with E-state index >= 15 is 0 Å². The topological polar surface area (TPSA) is 71.6 Å². The number of benzene rings is 1. The van der Waals surface area contributed by atoms with Crippen LogP contribution in [0.15, 0.2) is 12.1 Å². The molecule has 1 aromatic carbocycles. The normalized spacial score (nSPS) is 34.2. The molecule has 3 N–H and O–H groups in total. The Labute approximate surface area is 159 Å². The minimum atomic E-state index is -0.658. The van der Waals surface area contributed by atoms with Crippen molar-refractivity contribution in [2.24, 2.45) is 5.92 Å². The number of rotatable bonds is 0. The van der Waals surface area contributed by atoms with Crippen LogP contribution in [0.4, 0.5) is 9.18 Å². The predicted octanol–water partition coefficient (Wildman–Crippen LogP) is 3.03. The van der Waals surface area contributed by atoms with Gasteiger partial charge in [-0.2, -0.15) is 0 Å². The standard InChI is InChI=1S/C20H28FN3O3/c1-11-8-13-9-15(18(11)21)12(2)27-20(25)22-6-3-7-26-14-4-5-17-16(10-14)19(13)24-23-17/h8-9,12,14,16-17,19,23-24H,3-7,10H2,1-2H3,(H,22,25). The summed E-state index contributed by atoms with van der Waals surface area (Å²) < 4.78 is 26.2. The molecule has 5 unspecified atom stereocenters. The van der Waals surface area contributed by atoms with Crippen LogP contribution in [0.5, 0.6) is 0 Å². The number of fused-ring (bicyclic) bond motifs is 4. The van der Waals surface area contributed by atoms with E-state index < -0.39 is 12.2 Å². The van der Waals surface area contributed by atoms with Crippen LogP contribution in [0.2, 0.25) is 0 Å². The Morgan fingerprint density at radius 2 is 2.07 bits per heavy atom. The number of carbonyl (C=O) groups excluding carboxylic acids is 1. The Hall–Kier alpha value is -1.70. The molecule has 1 aliphatic carbocycles. The minimum absolute atomic E-state index is 0.0885. The van der Waals surface area contributed by atoms with Gasteiger partial charge in [0.2, 0.25) is 0 Å². The molecule has 1 amide bonds. The van der Waals surface area contributed by atoms with E-state index in [2.05, 4.69) is 16.2 Å². The zero-order chi connectivity index (χ0) is 19.0. The molecule has 6 nitrogen and oxygen atoms in total. The number of hydrazine groups is 1. The Morgan fingerprint density at radius 1 is 1.22 bits per heavy atom. The van der Waals surface area contributed by atoms with Crippen molar-refractivity contribution < 1.29 is 18.7 Å². The lowest BCUT2D eigenvalue weighted by Crippen LogP contribution is -2.37. The van der Waals surface area contributed by atoms with E-state index in [1.54, 1.807) is 13.8 Å². The van der Waals surface area contributed by atoms with Crippen LogP contribution in [0.25, 0.3) is 0 Å². The Balaban J connectivity index is 1.69. The van der Waals surface area contributed by atoms with E-state index in [0.717, 1.165) is 31.2 Å². The van der Waals surface area contributed by atoms with Crippen molar-refractivity contribution in [2.45, 2.75) is 63.8 Å². The highest BCUT2D eigenvalue weighted by atomic mass is 19.1. The SMILES string of the molecule is Cc1cc2cc(c1F)C(C)OC(=O)NCCCOC1CCC3NNC2C3C1. The van der Waals surface area contributed by atoms with Crippen molar-refractivity contribution in [3.63, 3.8) is 0 Å². The van der Waals surface area contributed by atoms with Crippen molar-refractivity contribution in [1.82, 2.24) is 16.2 Å². The third-order valence-corrected chi connectivity index (χ3v) is 6.03. The summed E-state index contributed by atoms with van der Waals surface area (Å²) in [7, 11) is 0. The summed E-state index contributed by atoms with van der Waals surface area (Å²) >= 11 is 0. The maximum Gasteiger partial charge on any atom is 0.407 e. The Bertz CT molecular complexity index is 714. The van der Waals surface area contributed by atoms with E-state index in [9.17, 15) is 9.18 Å². The highest BCUT2D eigenvalue weighted by Gasteiger charge is 2.41. The molecule has 0 spiro atoms. The first-order chi connectivity index (χ1) is 13.0. The van der Waals surface area contributed by atoms with Gasteiger partial charge < -0.3 is 14.8 Å². The number of ether oxygens (including phenoxy) is 2. The average molecular weight is 377 g/mol. The first-order valence-electron chi connectivity index (χ1n) is 9.90. The second kappa shape index (κ2) is 7.73. The molecule has 0 aromatic heterocycles. The Morgan fingerprint density at radius 3 is 2.93 bits per heavy atom. The smallest absolute Gasteiger partial charge is 0.407 e. The highest BCUT2D eigenvalue weighted by molar-refractivity contribution is 5.67. The van der Waals surface area contributed by atoms with E-state index in [1.165, 1.54) is 0 Å². The summed E-state index contributed by atoms with van der Waals surface area (Å²) in [5.74, 6) is 0.0818. The number of cyclic esters (lactones) is 1. The van der Waals surface area contributed by atoms with Crippen LogP contribution in [0.3, 0.4) is 0 Å². The monoisotopic (exact) mass is 377 g/mol. The average Bonchev–Trinajstić information content (AvgIpc) is 3.06. The van der Waals surface area contributed by atoms with Gasteiger partial charge in [0.15, 0.2) is 0 Å². The van der Waals surface area contributed by atoms with Gasteiger partial charge in [0, 0.05) is 24.8 Å². The molecule has 2 heterocycles. The van der Waals surface area contributed by atoms with Crippen LogP contribution in [-0.2, 0) is 9.47 Å². The van der Waals surface area contributed by atoms with Gasteiger partial charge in [-0.1, -0.05) is 6.07 Å². The summed E-state index contributed by atoms with van der Waals surface area (Å²) in [5.41, 5.74) is 8.83. The first-order valence-corrected chi connectivity index (χ1v) is 9.90. The second-order valence-corrected chi connectivity index (χ2v) is 7.91. The highest BCUT2D eigenvalue weighted by Crippen LogP contribution is 2.40. The molecule has 1 saturated carbocycles. The van der Waals surface area contributed by atoms with Crippen LogP contribution in [0, 0.1) is 18.7 Å². The molecule has 3 aliphatic rings. The predicted molar refractivity (Wildman–Crippen MR) is 98.5 cm³/mol.